The molecule has 16 atom stereocenters. The normalized spacial score (nSPS) is 31.3. The van der Waals surface area contributed by atoms with E-state index < -0.39 is 0 Å². The van der Waals surface area contributed by atoms with Crippen LogP contribution in [0.15, 0.2) is 71.9 Å². The molecule has 4 aliphatic rings. The van der Waals surface area contributed by atoms with Crippen molar-refractivity contribution in [2.75, 3.05) is 9.86 Å². The molecule has 0 aromatic carbocycles. The van der Waals surface area contributed by atoms with Crippen LogP contribution >= 0.6 is 41.2 Å². The summed E-state index contributed by atoms with van der Waals surface area (Å²) in [6.45, 7) is 46.5. The van der Waals surface area contributed by atoms with E-state index in [0.717, 1.165) is 49.7 Å². The molecule has 480 valence electrons. The third-order valence-corrected chi connectivity index (χ3v) is 17.9. The first-order valence-corrected chi connectivity index (χ1v) is 41.7. The molecular formula is C70H118I3O10-. The van der Waals surface area contributed by atoms with Crippen molar-refractivity contribution in [3.8, 4) is 0 Å². The van der Waals surface area contributed by atoms with Gasteiger partial charge in [0.15, 0.2) is 0 Å². The fraction of sp³-hybridized carbons (Fsp3) is 0.771. The van der Waals surface area contributed by atoms with Crippen molar-refractivity contribution in [1.82, 2.24) is 0 Å². The zero-order valence-electron chi connectivity index (χ0n) is 56.3. The van der Waals surface area contributed by atoms with Crippen molar-refractivity contribution in [3.63, 3.8) is 0 Å². The minimum absolute atomic E-state index is 0.00166. The fourth-order valence-corrected chi connectivity index (χ4v) is 11.2. The summed E-state index contributed by atoms with van der Waals surface area (Å²) in [5.41, 5.74) is 1.52. The monoisotopic (exact) mass is 1500 g/mol. The summed E-state index contributed by atoms with van der Waals surface area (Å²) in [5, 5.41) is 0. The van der Waals surface area contributed by atoms with Crippen LogP contribution in [0.25, 0.3) is 0 Å². The predicted molar refractivity (Wildman–Crippen MR) is 358 cm³/mol. The van der Waals surface area contributed by atoms with Gasteiger partial charge in [-0.15, -0.1) is 0 Å². The van der Waals surface area contributed by atoms with Crippen LogP contribution in [0.2, 0.25) is 0 Å². The van der Waals surface area contributed by atoms with E-state index in [1.807, 2.05) is 43.1 Å². The van der Waals surface area contributed by atoms with Gasteiger partial charge in [-0.05, 0) is 127 Å². The molecule has 4 rings (SSSR count). The Hall–Kier alpha value is -1.57. The number of alkyl halides is 2. The van der Waals surface area contributed by atoms with Crippen molar-refractivity contribution in [2.24, 2.45) is 69.0 Å². The number of halogens is 3. The Morgan fingerprint density at radius 3 is 1.24 bits per heavy atom. The molecule has 0 spiro atoms. The van der Waals surface area contributed by atoms with Crippen LogP contribution in [0.3, 0.4) is 0 Å². The number of hydrogen-bond donors (Lipinski definition) is 0. The van der Waals surface area contributed by atoms with Gasteiger partial charge in [-0.25, -0.2) is 0 Å². The summed E-state index contributed by atoms with van der Waals surface area (Å²) in [6, 6.07) is 0. The first-order chi connectivity index (χ1) is 38.5. The standard InChI is InChI=1S/2C34H56O5.CH3I2.CH3I/c2*1-12-23(3)26(6)32-28(38-32)21-33(8,9)18-13-14-24(4)31-25(5)15-16-29(37-27(7)35)34(10,11)19-17-22(2)20-30(36)39-31;1-3-2;1-2/h2*13-16,18,22-23,25-26,28-29,31-32H,12,17,19-21H2,1-11H3;1H3;1H3/q;;-1;/b2*16-15+,18-13+,24-14+;;. The summed E-state index contributed by atoms with van der Waals surface area (Å²) < 4.78 is 35.7. The van der Waals surface area contributed by atoms with Gasteiger partial charge in [0.25, 0.3) is 0 Å². The number of carbonyl (C=O) groups is 4. The van der Waals surface area contributed by atoms with Crippen molar-refractivity contribution in [3.05, 3.63) is 71.9 Å². The number of hydrogen-bond acceptors (Lipinski definition) is 10. The van der Waals surface area contributed by atoms with E-state index in [1.165, 1.54) is 26.7 Å². The van der Waals surface area contributed by atoms with Gasteiger partial charge in [0.2, 0.25) is 0 Å². The molecule has 4 aliphatic heterocycles. The summed E-state index contributed by atoms with van der Waals surface area (Å²) >= 11 is 5.11. The first kappa shape index (κ1) is 79.4. The molecule has 10 nitrogen and oxygen atoms in total. The molecule has 0 aliphatic carbocycles. The molecule has 0 bridgehead atoms. The van der Waals surface area contributed by atoms with Gasteiger partial charge in [0.1, 0.15) is 24.4 Å². The maximum atomic E-state index is 12.9. The van der Waals surface area contributed by atoms with E-state index >= 15 is 0 Å². The second-order valence-electron chi connectivity index (χ2n) is 27.9. The Morgan fingerprint density at radius 2 is 0.952 bits per heavy atom. The van der Waals surface area contributed by atoms with Crippen LogP contribution in [-0.4, -0.2) is 82.6 Å². The average Bonchev–Trinajstić information content (AvgIpc) is 4.49. The van der Waals surface area contributed by atoms with Gasteiger partial charge >= 0.3 is 64.7 Å². The second kappa shape index (κ2) is 38.1. The Bertz CT molecular complexity index is 2010. The predicted octanol–water partition coefficient (Wildman–Crippen LogP) is 15.6. The zero-order chi connectivity index (χ0) is 63.8. The topological polar surface area (TPSA) is 130 Å². The number of rotatable bonds is 18. The van der Waals surface area contributed by atoms with Gasteiger partial charge in [-0.2, -0.15) is 0 Å². The SMILES string of the molecule is CCC(C)C(C)C1OC1CC(C)(C)/C=C/C=C(\C)C1OC(=O)CC(C)CCC(C)(C)C(OC(C)=O)/C=C/C1C.CCC(C)C(C)C1OC1CC(C)(C)/C=C/C=C(\C)C1OC(=O)CC(C)CCC(C)(C)C(OC(C)=O)/C=C/C1C.CI.C[I-]I. The maximum absolute atomic E-state index is 12.9. The van der Waals surface area contributed by atoms with E-state index in [9.17, 15) is 19.2 Å². The Kier molecular flexibility index (Phi) is 36.5. The number of epoxide rings is 2. The van der Waals surface area contributed by atoms with E-state index in [1.54, 1.807) is 0 Å². The van der Waals surface area contributed by atoms with E-state index in [0.29, 0.717) is 78.2 Å². The number of ether oxygens (including phenoxy) is 6. The van der Waals surface area contributed by atoms with Gasteiger partial charge < -0.3 is 28.4 Å². The third-order valence-electron chi connectivity index (χ3n) is 17.9. The number of carbonyl (C=O) groups excluding carboxylic acids is 4. The van der Waals surface area contributed by atoms with E-state index in [2.05, 4.69) is 207 Å². The van der Waals surface area contributed by atoms with Crippen LogP contribution in [0.1, 0.15) is 217 Å². The molecule has 13 heteroatoms. The van der Waals surface area contributed by atoms with Gasteiger partial charge in [-0.1, -0.05) is 209 Å². The Balaban J connectivity index is 0.000000770. The molecule has 4 heterocycles. The van der Waals surface area contributed by atoms with Crippen LogP contribution in [0.5, 0.6) is 0 Å². The van der Waals surface area contributed by atoms with E-state index in [-0.39, 0.29) is 93.6 Å². The molecule has 16 unspecified atom stereocenters. The number of cyclic esters (lactones) is 2. The fourth-order valence-electron chi connectivity index (χ4n) is 11.2. The number of esters is 4. The van der Waals surface area contributed by atoms with Crippen molar-refractivity contribution < 1.29 is 64.8 Å². The summed E-state index contributed by atoms with van der Waals surface area (Å²) in [6.07, 6.45) is 29.3. The van der Waals surface area contributed by atoms with Crippen LogP contribution in [-0.2, 0) is 47.6 Å². The Morgan fingerprint density at radius 1 is 0.639 bits per heavy atom. The molecule has 0 radical (unpaired) electrons. The molecular weight excluding hydrogens is 1380 g/mol. The average molecular weight is 1500 g/mol. The van der Waals surface area contributed by atoms with Gasteiger partial charge in [-0.3, -0.25) is 19.2 Å². The summed E-state index contributed by atoms with van der Waals surface area (Å²) in [4.78, 5) is 53.7. The molecule has 0 N–H and O–H groups in total. The summed E-state index contributed by atoms with van der Waals surface area (Å²) in [7, 11) is 0. The third kappa shape index (κ3) is 30.0. The number of allylic oxidation sites excluding steroid dienone is 6. The van der Waals surface area contributed by atoms with Crippen molar-refractivity contribution in [2.45, 2.75) is 265 Å². The first-order valence-electron chi connectivity index (χ1n) is 31.1. The molecule has 83 heavy (non-hydrogen) atoms. The molecule has 0 aromatic rings. The van der Waals surface area contributed by atoms with Crippen molar-refractivity contribution in [1.29, 1.82) is 0 Å². The molecule has 0 aromatic heterocycles. The molecule has 2 fully saturated rings. The van der Waals surface area contributed by atoms with Gasteiger partial charge in [0, 0.05) is 49.4 Å². The second-order valence-corrected chi connectivity index (χ2v) is 34.2. The van der Waals surface area contributed by atoms with Crippen LogP contribution in [0, 0.1) is 69.0 Å². The molecule has 0 saturated carbocycles. The zero-order valence-corrected chi connectivity index (χ0v) is 62.8. The summed E-state index contributed by atoms with van der Waals surface area (Å²) in [5.74, 6) is 1.87. The van der Waals surface area contributed by atoms with Crippen molar-refractivity contribution >= 4 is 65.1 Å². The van der Waals surface area contributed by atoms with Crippen LogP contribution in [0.4, 0.5) is 0 Å². The minimum atomic E-state index is -0.387. The quantitative estimate of drug-likeness (QED) is 0.0249. The van der Waals surface area contributed by atoms with Gasteiger partial charge in [0.05, 0.1) is 24.4 Å². The Labute approximate surface area is 541 Å². The van der Waals surface area contributed by atoms with Crippen LogP contribution < -0.4 is 17.2 Å². The van der Waals surface area contributed by atoms with E-state index in [4.69, 9.17) is 28.4 Å². The molecule has 2 saturated heterocycles. The molecule has 0 amide bonds.